The summed E-state index contributed by atoms with van der Waals surface area (Å²) >= 11 is 1.71. The Morgan fingerprint density at radius 3 is 2.75 bits per heavy atom. The van der Waals surface area contributed by atoms with Crippen LogP contribution in [-0.2, 0) is 11.2 Å². The first kappa shape index (κ1) is 21.6. The summed E-state index contributed by atoms with van der Waals surface area (Å²) in [6.07, 6.45) is 5.93. The molecule has 1 aromatic rings. The van der Waals surface area contributed by atoms with Crippen molar-refractivity contribution < 1.29 is 4.74 Å². The van der Waals surface area contributed by atoms with Crippen LogP contribution < -0.4 is 10.6 Å². The second-order valence-corrected chi connectivity index (χ2v) is 7.39. The molecule has 0 unspecified atom stereocenters. The molecule has 1 aliphatic carbocycles. The van der Waals surface area contributed by atoms with E-state index >= 15 is 0 Å². The Morgan fingerprint density at radius 2 is 2.21 bits per heavy atom. The van der Waals surface area contributed by atoms with Crippen molar-refractivity contribution in [2.45, 2.75) is 46.0 Å². The highest BCUT2D eigenvalue weighted by molar-refractivity contribution is 14.0. The Labute approximate surface area is 167 Å². The van der Waals surface area contributed by atoms with Crippen LogP contribution in [0.15, 0.2) is 10.4 Å². The Kier molecular flexibility index (Phi) is 10.1. The van der Waals surface area contributed by atoms with E-state index < -0.39 is 0 Å². The van der Waals surface area contributed by atoms with E-state index in [0.717, 1.165) is 55.7 Å². The number of hydrogen-bond donors (Lipinski definition) is 2. The topological polar surface area (TPSA) is 58.5 Å². The largest absolute Gasteiger partial charge is 0.385 e. The maximum absolute atomic E-state index is 5.26. The summed E-state index contributed by atoms with van der Waals surface area (Å²) in [5.41, 5.74) is 1.52. The Hall–Kier alpha value is -0.410. The average molecular weight is 466 g/mol. The lowest BCUT2D eigenvalue weighted by molar-refractivity contribution is 0.0778. The zero-order valence-corrected chi connectivity index (χ0v) is 18.2. The molecule has 24 heavy (non-hydrogen) atoms. The fourth-order valence-electron chi connectivity index (χ4n) is 2.90. The van der Waals surface area contributed by atoms with Gasteiger partial charge in [-0.15, -0.1) is 35.3 Å². The molecule has 138 valence electrons. The highest BCUT2D eigenvalue weighted by Gasteiger charge is 2.36. The van der Waals surface area contributed by atoms with E-state index in [2.05, 4.69) is 27.9 Å². The van der Waals surface area contributed by atoms with Gasteiger partial charge >= 0.3 is 0 Å². The molecule has 5 nitrogen and oxygen atoms in total. The van der Waals surface area contributed by atoms with Crippen molar-refractivity contribution in [3.63, 3.8) is 0 Å². The minimum atomic E-state index is 0. The second kappa shape index (κ2) is 11.3. The predicted octanol–water partition coefficient (Wildman–Crippen LogP) is 3.37. The van der Waals surface area contributed by atoms with Gasteiger partial charge in [0, 0.05) is 45.2 Å². The fourth-order valence-corrected chi connectivity index (χ4v) is 3.55. The fraction of sp³-hybridized carbons (Fsp3) is 0.765. The molecule has 1 saturated carbocycles. The first-order valence-electron chi connectivity index (χ1n) is 8.59. The summed E-state index contributed by atoms with van der Waals surface area (Å²) in [6.45, 7) is 7.62. The van der Waals surface area contributed by atoms with Crippen molar-refractivity contribution in [3.8, 4) is 0 Å². The van der Waals surface area contributed by atoms with E-state index in [-0.39, 0.29) is 24.0 Å². The van der Waals surface area contributed by atoms with Crippen LogP contribution in [0.1, 0.15) is 43.3 Å². The van der Waals surface area contributed by atoms with Crippen LogP contribution in [0.25, 0.3) is 0 Å². The summed E-state index contributed by atoms with van der Waals surface area (Å²) in [6, 6.07) is 0. The van der Waals surface area contributed by atoms with Gasteiger partial charge in [-0.25, -0.2) is 4.98 Å². The van der Waals surface area contributed by atoms with E-state index in [4.69, 9.17) is 9.73 Å². The van der Waals surface area contributed by atoms with Crippen LogP contribution in [0.4, 0.5) is 0 Å². The number of ether oxygens (including phenoxy) is 1. The number of halogens is 1. The monoisotopic (exact) mass is 466 g/mol. The normalized spacial score (nSPS) is 16.2. The van der Waals surface area contributed by atoms with Crippen molar-refractivity contribution in [2.24, 2.45) is 10.4 Å². The van der Waals surface area contributed by atoms with Crippen LogP contribution in [0, 0.1) is 12.3 Å². The SMILES string of the molecule is CCNC(=NCC1(CCOC)CCC1)NCCc1csc(C)n1.I. The zero-order chi connectivity index (χ0) is 16.5. The molecule has 0 spiro atoms. The van der Waals surface area contributed by atoms with Gasteiger partial charge in [0.2, 0.25) is 0 Å². The molecule has 0 amide bonds. The minimum absolute atomic E-state index is 0. The van der Waals surface area contributed by atoms with Crippen molar-refractivity contribution >= 4 is 41.3 Å². The lowest BCUT2D eigenvalue weighted by Gasteiger charge is -2.40. The number of hydrogen-bond acceptors (Lipinski definition) is 4. The molecular formula is C17H31IN4OS. The number of aryl methyl sites for hydroxylation is 1. The molecule has 0 saturated heterocycles. The van der Waals surface area contributed by atoms with E-state index in [1.807, 2.05) is 6.92 Å². The smallest absolute Gasteiger partial charge is 0.191 e. The molecule has 0 aromatic carbocycles. The van der Waals surface area contributed by atoms with Crippen LogP contribution in [0.3, 0.4) is 0 Å². The number of aliphatic imine (C=N–C) groups is 1. The molecule has 1 fully saturated rings. The van der Waals surface area contributed by atoms with Gasteiger partial charge in [-0.05, 0) is 38.5 Å². The van der Waals surface area contributed by atoms with Gasteiger partial charge in [0.25, 0.3) is 0 Å². The van der Waals surface area contributed by atoms with Gasteiger partial charge in [-0.3, -0.25) is 4.99 Å². The van der Waals surface area contributed by atoms with Gasteiger partial charge in [-0.1, -0.05) is 6.42 Å². The Balaban J connectivity index is 0.00000288. The number of methoxy groups -OCH3 is 1. The number of guanidine groups is 1. The lowest BCUT2D eigenvalue weighted by atomic mass is 9.67. The summed E-state index contributed by atoms with van der Waals surface area (Å²) in [5, 5.41) is 10.0. The number of nitrogens with zero attached hydrogens (tertiary/aromatic N) is 2. The second-order valence-electron chi connectivity index (χ2n) is 6.33. The predicted molar refractivity (Wildman–Crippen MR) is 113 cm³/mol. The Bertz CT molecular complexity index is 503. The van der Waals surface area contributed by atoms with Crippen LogP contribution in [0.2, 0.25) is 0 Å². The summed E-state index contributed by atoms with van der Waals surface area (Å²) in [5.74, 6) is 0.920. The van der Waals surface area contributed by atoms with Gasteiger partial charge in [-0.2, -0.15) is 0 Å². The minimum Gasteiger partial charge on any atom is -0.385 e. The molecule has 1 aliphatic rings. The average Bonchev–Trinajstić information content (AvgIpc) is 2.91. The van der Waals surface area contributed by atoms with E-state index in [9.17, 15) is 0 Å². The first-order valence-corrected chi connectivity index (χ1v) is 9.47. The Morgan fingerprint density at radius 1 is 1.42 bits per heavy atom. The number of thiazole rings is 1. The molecule has 2 N–H and O–H groups in total. The van der Waals surface area contributed by atoms with E-state index in [1.165, 1.54) is 19.3 Å². The zero-order valence-electron chi connectivity index (χ0n) is 15.1. The number of aromatic nitrogens is 1. The molecule has 0 aliphatic heterocycles. The van der Waals surface area contributed by atoms with Crippen molar-refractivity contribution in [2.75, 3.05) is 33.4 Å². The van der Waals surface area contributed by atoms with Crippen LogP contribution in [-0.4, -0.2) is 44.3 Å². The number of nitrogens with one attached hydrogen (secondary N) is 2. The highest BCUT2D eigenvalue weighted by Crippen LogP contribution is 2.44. The van der Waals surface area contributed by atoms with Crippen LogP contribution in [0.5, 0.6) is 0 Å². The summed E-state index contributed by atoms with van der Waals surface area (Å²) in [4.78, 5) is 9.32. The molecule has 1 heterocycles. The van der Waals surface area contributed by atoms with Crippen LogP contribution >= 0.6 is 35.3 Å². The van der Waals surface area contributed by atoms with Gasteiger partial charge in [0.15, 0.2) is 5.96 Å². The molecule has 7 heteroatoms. The highest BCUT2D eigenvalue weighted by atomic mass is 127. The summed E-state index contributed by atoms with van der Waals surface area (Å²) < 4.78 is 5.26. The third kappa shape index (κ3) is 6.84. The molecular weight excluding hydrogens is 435 g/mol. The molecule has 0 bridgehead atoms. The van der Waals surface area contributed by atoms with Crippen molar-refractivity contribution in [3.05, 3.63) is 16.1 Å². The van der Waals surface area contributed by atoms with E-state index in [1.54, 1.807) is 18.4 Å². The van der Waals surface area contributed by atoms with Gasteiger partial charge in [0.1, 0.15) is 0 Å². The molecule has 0 radical (unpaired) electrons. The summed E-state index contributed by atoms with van der Waals surface area (Å²) in [7, 11) is 1.78. The third-order valence-corrected chi connectivity index (χ3v) is 5.33. The first-order chi connectivity index (χ1) is 11.2. The molecule has 2 rings (SSSR count). The quantitative estimate of drug-likeness (QED) is 0.333. The van der Waals surface area contributed by atoms with Gasteiger partial charge < -0.3 is 15.4 Å². The maximum atomic E-state index is 5.26. The lowest BCUT2D eigenvalue weighted by Crippen LogP contribution is -2.41. The maximum Gasteiger partial charge on any atom is 0.191 e. The standard InChI is InChI=1S/C17H30N4OS.HI/c1-4-18-16(19-10-6-15-12-23-14(2)21-15)20-13-17(7-5-8-17)9-11-22-3;/h12H,4-11,13H2,1-3H3,(H2,18,19,20);1H. The molecule has 0 atom stereocenters. The van der Waals surface area contributed by atoms with E-state index in [0.29, 0.717) is 5.41 Å². The van der Waals surface area contributed by atoms with Crippen molar-refractivity contribution in [1.29, 1.82) is 0 Å². The third-order valence-electron chi connectivity index (χ3n) is 4.51. The molecule has 1 aromatic heterocycles. The number of rotatable bonds is 9. The van der Waals surface area contributed by atoms with Crippen molar-refractivity contribution in [1.82, 2.24) is 15.6 Å². The van der Waals surface area contributed by atoms with Gasteiger partial charge in [0.05, 0.1) is 10.7 Å².